The number of ether oxygens (including phenoxy) is 1. The first-order valence-electron chi connectivity index (χ1n) is 12.7. The van der Waals surface area contributed by atoms with Crippen molar-refractivity contribution in [2.75, 3.05) is 57.5 Å². The minimum Gasteiger partial charge on any atom is -0.380 e. The van der Waals surface area contributed by atoms with E-state index >= 15 is 0 Å². The summed E-state index contributed by atoms with van der Waals surface area (Å²) in [6.07, 6.45) is 6.92. The average Bonchev–Trinajstić information content (AvgIpc) is 3.55. The molecule has 0 spiro atoms. The van der Waals surface area contributed by atoms with Crippen molar-refractivity contribution in [1.82, 2.24) is 19.0 Å². The van der Waals surface area contributed by atoms with Gasteiger partial charge >= 0.3 is 0 Å². The van der Waals surface area contributed by atoms with E-state index < -0.39 is 10.0 Å². The lowest BCUT2D eigenvalue weighted by Crippen LogP contribution is -2.47. The van der Waals surface area contributed by atoms with Gasteiger partial charge in [0.15, 0.2) is 0 Å². The molecule has 204 valence electrons. The third-order valence-corrected chi connectivity index (χ3v) is 8.39. The van der Waals surface area contributed by atoms with Crippen LogP contribution in [0.15, 0.2) is 59.0 Å². The Morgan fingerprint density at radius 2 is 2.03 bits per heavy atom. The Hall–Kier alpha value is -2.83. The Balaban J connectivity index is 1.45. The van der Waals surface area contributed by atoms with Crippen molar-refractivity contribution < 1.29 is 13.2 Å². The highest BCUT2D eigenvalue weighted by Crippen LogP contribution is 2.25. The smallest absolute Gasteiger partial charge is 0.211 e. The van der Waals surface area contributed by atoms with Gasteiger partial charge in [-0.25, -0.2) is 13.1 Å². The second-order valence-electron chi connectivity index (χ2n) is 9.18. The van der Waals surface area contributed by atoms with Crippen LogP contribution in [0.25, 0.3) is 17.1 Å². The van der Waals surface area contributed by atoms with Crippen LogP contribution in [-0.4, -0.2) is 85.8 Å². The van der Waals surface area contributed by atoms with E-state index in [9.17, 15) is 8.42 Å². The molecule has 3 aromatic rings. The number of aliphatic imine (C=N–C) groups is 1. The van der Waals surface area contributed by atoms with Crippen molar-refractivity contribution in [2.24, 2.45) is 4.99 Å². The number of rotatable bonds is 12. The number of hydrogen-bond donors (Lipinski definition) is 1. The molecule has 1 aliphatic rings. The molecular formula is C27H36N6O3S2. The largest absolute Gasteiger partial charge is 0.380 e. The molecule has 4 rings (SSSR count). The number of aryl methyl sites for hydroxylation is 1. The van der Waals surface area contributed by atoms with Crippen LogP contribution in [0.5, 0.6) is 0 Å². The molecule has 0 aliphatic carbocycles. The van der Waals surface area contributed by atoms with Crippen LogP contribution in [0.1, 0.15) is 17.4 Å². The highest BCUT2D eigenvalue weighted by atomic mass is 32.2. The average molecular weight is 557 g/mol. The van der Waals surface area contributed by atoms with Crippen molar-refractivity contribution >= 4 is 39.1 Å². The summed E-state index contributed by atoms with van der Waals surface area (Å²) < 4.78 is 32.3. The first-order chi connectivity index (χ1) is 18.3. The zero-order chi connectivity index (χ0) is 27.0. The number of anilines is 1. The lowest BCUT2D eigenvalue weighted by Gasteiger charge is -2.32. The van der Waals surface area contributed by atoms with E-state index in [1.807, 2.05) is 36.0 Å². The lowest BCUT2D eigenvalue weighted by atomic mass is 10.1. The van der Waals surface area contributed by atoms with E-state index in [1.54, 1.807) is 21.9 Å². The minimum absolute atomic E-state index is 0.535. The van der Waals surface area contributed by atoms with Crippen LogP contribution < -0.4 is 5.32 Å². The van der Waals surface area contributed by atoms with Crippen LogP contribution >= 0.6 is 11.3 Å². The summed E-state index contributed by atoms with van der Waals surface area (Å²) in [6, 6.07) is 12.4. The van der Waals surface area contributed by atoms with Crippen molar-refractivity contribution in [3.63, 3.8) is 0 Å². The van der Waals surface area contributed by atoms with Gasteiger partial charge in [0.1, 0.15) is 5.82 Å². The van der Waals surface area contributed by atoms with E-state index in [0.29, 0.717) is 32.8 Å². The minimum atomic E-state index is -3.12. The van der Waals surface area contributed by atoms with Crippen LogP contribution in [0.2, 0.25) is 0 Å². The van der Waals surface area contributed by atoms with Crippen molar-refractivity contribution in [3.05, 3.63) is 64.5 Å². The first-order valence-corrected chi connectivity index (χ1v) is 15.5. The van der Waals surface area contributed by atoms with E-state index in [2.05, 4.69) is 51.8 Å². The van der Waals surface area contributed by atoms with Crippen molar-refractivity contribution in [2.45, 2.75) is 20.4 Å². The Kier molecular flexibility index (Phi) is 9.86. The summed E-state index contributed by atoms with van der Waals surface area (Å²) in [5, 5.41) is 10.4. The summed E-state index contributed by atoms with van der Waals surface area (Å²) in [7, 11) is -3.12. The zero-order valence-electron chi connectivity index (χ0n) is 22.2. The molecule has 1 saturated heterocycles. The molecular weight excluding hydrogens is 520 g/mol. The highest BCUT2D eigenvalue weighted by Gasteiger charge is 2.23. The number of nitrogens with zero attached hydrogens (tertiary/aromatic N) is 5. The second-order valence-corrected chi connectivity index (χ2v) is 12.2. The normalized spacial score (nSPS) is 15.9. The van der Waals surface area contributed by atoms with E-state index in [-0.39, 0.29) is 0 Å². The predicted molar refractivity (Wildman–Crippen MR) is 156 cm³/mol. The Morgan fingerprint density at radius 1 is 1.21 bits per heavy atom. The molecule has 0 atom stereocenters. The fraction of sp³-hybridized carbons (Fsp3) is 0.407. The molecule has 38 heavy (non-hydrogen) atoms. The van der Waals surface area contributed by atoms with Gasteiger partial charge in [-0.05, 0) is 38.1 Å². The van der Waals surface area contributed by atoms with Gasteiger partial charge in [-0.3, -0.25) is 9.89 Å². The molecule has 1 aliphatic heterocycles. The molecule has 1 aromatic carbocycles. The van der Waals surface area contributed by atoms with Gasteiger partial charge in [-0.1, -0.05) is 23.8 Å². The number of sulfonamides is 1. The standard InChI is InChI=1S/C27H36N6O3S2/c1-4-36-17-11-28-10-8-27(33-12-9-26(30-33)23-7-5-6-22(2)18-23)29-24-19-25(37-21-24)20-31-13-15-32(16-14-31)38(3,34)35/h5-10,12,18-19,21,29H,4,11,13-17,20H2,1-3H3. The predicted octanol–water partition coefficient (Wildman–Crippen LogP) is 4.02. The SMILES string of the molecule is CCOCCN=CC=C(Nc1csc(CN2CCN(S(C)(=O)=O)CC2)c1)n1ccc(-c2cccc(C)c2)n1. The maximum absolute atomic E-state index is 11.8. The van der Waals surface area contributed by atoms with Gasteiger partial charge < -0.3 is 10.1 Å². The number of hydrogen-bond acceptors (Lipinski definition) is 8. The maximum Gasteiger partial charge on any atom is 0.211 e. The van der Waals surface area contributed by atoms with Gasteiger partial charge in [-0.15, -0.1) is 11.3 Å². The molecule has 9 nitrogen and oxygen atoms in total. The molecule has 1 fully saturated rings. The Morgan fingerprint density at radius 3 is 2.76 bits per heavy atom. The van der Waals surface area contributed by atoms with Gasteiger partial charge in [0, 0.05) is 67.6 Å². The van der Waals surface area contributed by atoms with Crippen molar-refractivity contribution in [1.29, 1.82) is 0 Å². The third kappa shape index (κ3) is 8.08. The zero-order valence-corrected chi connectivity index (χ0v) is 23.8. The summed E-state index contributed by atoms with van der Waals surface area (Å²) in [4.78, 5) is 7.95. The molecule has 0 saturated carbocycles. The molecule has 3 heterocycles. The molecule has 11 heteroatoms. The van der Waals surface area contributed by atoms with Crippen LogP contribution in [-0.2, 0) is 21.3 Å². The summed E-state index contributed by atoms with van der Waals surface area (Å²) in [5.41, 5.74) is 4.13. The monoisotopic (exact) mass is 556 g/mol. The lowest BCUT2D eigenvalue weighted by molar-refractivity contribution is 0.156. The van der Waals surface area contributed by atoms with E-state index in [4.69, 9.17) is 9.84 Å². The van der Waals surface area contributed by atoms with Gasteiger partial charge in [0.2, 0.25) is 10.0 Å². The number of nitrogens with one attached hydrogen (secondary N) is 1. The maximum atomic E-state index is 11.8. The molecule has 0 radical (unpaired) electrons. The number of benzene rings is 1. The number of aromatic nitrogens is 2. The van der Waals surface area contributed by atoms with Crippen LogP contribution in [0, 0.1) is 6.92 Å². The van der Waals surface area contributed by atoms with Crippen LogP contribution in [0.4, 0.5) is 5.69 Å². The fourth-order valence-corrected chi connectivity index (χ4v) is 5.85. The van der Waals surface area contributed by atoms with Gasteiger partial charge in [0.25, 0.3) is 0 Å². The number of piperazine rings is 1. The first kappa shape index (κ1) is 28.2. The molecule has 0 amide bonds. The molecule has 0 bridgehead atoms. The van der Waals surface area contributed by atoms with Gasteiger partial charge in [-0.2, -0.15) is 9.40 Å². The summed E-state index contributed by atoms with van der Waals surface area (Å²) >= 11 is 1.68. The van der Waals surface area contributed by atoms with Gasteiger partial charge in [0.05, 0.1) is 30.8 Å². The topological polar surface area (TPSA) is 92.1 Å². The third-order valence-electron chi connectivity index (χ3n) is 6.16. The molecule has 0 unspecified atom stereocenters. The second kappa shape index (κ2) is 13.3. The molecule has 1 N–H and O–H groups in total. The number of thiophene rings is 1. The van der Waals surface area contributed by atoms with Crippen LogP contribution in [0.3, 0.4) is 0 Å². The highest BCUT2D eigenvalue weighted by molar-refractivity contribution is 7.88. The summed E-state index contributed by atoms with van der Waals surface area (Å²) in [6.45, 7) is 9.24. The summed E-state index contributed by atoms with van der Waals surface area (Å²) in [5.74, 6) is 0.787. The van der Waals surface area contributed by atoms with E-state index in [1.165, 1.54) is 16.7 Å². The Labute approximate surface area is 229 Å². The quantitative estimate of drug-likeness (QED) is 0.268. The van der Waals surface area contributed by atoms with Crippen molar-refractivity contribution in [3.8, 4) is 11.3 Å². The fourth-order valence-electron chi connectivity index (χ4n) is 4.17. The Bertz CT molecular complexity index is 1350. The van der Waals surface area contributed by atoms with E-state index in [0.717, 1.165) is 42.4 Å². The molecule has 2 aromatic heterocycles. The number of allylic oxidation sites excluding steroid dienone is 1.